The standard InChI is InChI=1S/C19H22O2/c1-3-7-17(14-15-8-5-4-6-9-15)19(20)16-10-12-18(21-2)13-11-16/h4-6,8-13,17H,3,7,14H2,1-2H3. The fourth-order valence-electron chi connectivity index (χ4n) is 2.56. The van der Waals surface area contributed by atoms with Crippen LogP contribution in [0.3, 0.4) is 0 Å². The number of methoxy groups -OCH3 is 1. The number of hydrogen-bond acceptors (Lipinski definition) is 2. The Labute approximate surface area is 126 Å². The number of ketones is 1. The number of benzene rings is 2. The monoisotopic (exact) mass is 282 g/mol. The first kappa shape index (κ1) is 15.3. The average Bonchev–Trinajstić information content (AvgIpc) is 2.55. The highest BCUT2D eigenvalue weighted by Gasteiger charge is 2.19. The second kappa shape index (κ2) is 7.63. The highest BCUT2D eigenvalue weighted by atomic mass is 16.5. The largest absolute Gasteiger partial charge is 0.497 e. The lowest BCUT2D eigenvalue weighted by Crippen LogP contribution is -2.17. The minimum atomic E-state index is 0.0470. The van der Waals surface area contributed by atoms with E-state index in [4.69, 9.17) is 4.74 Å². The highest BCUT2D eigenvalue weighted by molar-refractivity contribution is 5.98. The zero-order valence-corrected chi connectivity index (χ0v) is 12.7. The molecule has 21 heavy (non-hydrogen) atoms. The lowest BCUT2D eigenvalue weighted by atomic mass is 9.88. The van der Waals surface area contributed by atoms with E-state index in [9.17, 15) is 4.79 Å². The van der Waals surface area contributed by atoms with Gasteiger partial charge in [-0.15, -0.1) is 0 Å². The second-order valence-corrected chi connectivity index (χ2v) is 5.27. The van der Waals surface area contributed by atoms with E-state index >= 15 is 0 Å². The summed E-state index contributed by atoms with van der Waals surface area (Å²) in [4.78, 5) is 12.7. The first-order valence-electron chi connectivity index (χ1n) is 7.46. The first-order chi connectivity index (χ1) is 10.2. The van der Waals surface area contributed by atoms with E-state index in [2.05, 4.69) is 19.1 Å². The van der Waals surface area contributed by atoms with E-state index in [0.717, 1.165) is 30.6 Å². The molecule has 0 saturated heterocycles. The Morgan fingerprint density at radius 3 is 2.29 bits per heavy atom. The fraction of sp³-hybridized carbons (Fsp3) is 0.316. The van der Waals surface area contributed by atoms with Crippen LogP contribution in [0.25, 0.3) is 0 Å². The Kier molecular flexibility index (Phi) is 5.56. The van der Waals surface area contributed by atoms with Crippen molar-refractivity contribution in [3.8, 4) is 5.75 Å². The molecule has 0 N–H and O–H groups in total. The summed E-state index contributed by atoms with van der Waals surface area (Å²) in [5.41, 5.74) is 1.99. The molecule has 0 aliphatic carbocycles. The van der Waals surface area contributed by atoms with Crippen LogP contribution in [0.15, 0.2) is 54.6 Å². The van der Waals surface area contributed by atoms with E-state index in [1.165, 1.54) is 5.56 Å². The fourth-order valence-corrected chi connectivity index (χ4v) is 2.56. The third-order valence-corrected chi connectivity index (χ3v) is 3.71. The molecule has 0 aliphatic heterocycles. The molecule has 0 bridgehead atoms. The summed E-state index contributed by atoms with van der Waals surface area (Å²) in [7, 11) is 1.63. The van der Waals surface area contributed by atoms with Crippen LogP contribution in [-0.4, -0.2) is 12.9 Å². The van der Waals surface area contributed by atoms with Gasteiger partial charge in [0.05, 0.1) is 7.11 Å². The molecule has 0 radical (unpaired) electrons. The van der Waals surface area contributed by atoms with Gasteiger partial charge < -0.3 is 4.74 Å². The maximum Gasteiger partial charge on any atom is 0.166 e. The van der Waals surface area contributed by atoms with Crippen molar-refractivity contribution in [2.75, 3.05) is 7.11 Å². The minimum absolute atomic E-state index is 0.0470. The van der Waals surface area contributed by atoms with E-state index < -0.39 is 0 Å². The molecule has 2 rings (SSSR count). The van der Waals surface area contributed by atoms with Crippen molar-refractivity contribution in [2.24, 2.45) is 5.92 Å². The van der Waals surface area contributed by atoms with Gasteiger partial charge in [-0.25, -0.2) is 0 Å². The van der Waals surface area contributed by atoms with Crippen LogP contribution in [0.5, 0.6) is 5.75 Å². The maximum absolute atomic E-state index is 12.7. The summed E-state index contributed by atoms with van der Waals surface area (Å²) in [6.45, 7) is 2.12. The van der Waals surface area contributed by atoms with Crippen molar-refractivity contribution in [3.63, 3.8) is 0 Å². The average molecular weight is 282 g/mol. The lowest BCUT2D eigenvalue weighted by Gasteiger charge is -2.15. The Morgan fingerprint density at radius 2 is 1.71 bits per heavy atom. The molecule has 0 saturated carbocycles. The summed E-state index contributed by atoms with van der Waals surface area (Å²) >= 11 is 0. The maximum atomic E-state index is 12.7. The van der Waals surface area contributed by atoms with E-state index in [1.807, 2.05) is 42.5 Å². The number of rotatable bonds is 7. The van der Waals surface area contributed by atoms with Crippen molar-refractivity contribution in [1.82, 2.24) is 0 Å². The lowest BCUT2D eigenvalue weighted by molar-refractivity contribution is 0.0912. The van der Waals surface area contributed by atoms with Gasteiger partial charge in [0.1, 0.15) is 5.75 Å². The molecular weight excluding hydrogens is 260 g/mol. The molecule has 0 amide bonds. The normalized spacial score (nSPS) is 11.9. The van der Waals surface area contributed by atoms with Crippen molar-refractivity contribution >= 4 is 5.78 Å². The van der Waals surface area contributed by atoms with Crippen LogP contribution in [-0.2, 0) is 6.42 Å². The Hall–Kier alpha value is -2.09. The molecule has 2 heteroatoms. The van der Waals surface area contributed by atoms with Crippen LogP contribution < -0.4 is 4.74 Å². The molecule has 0 spiro atoms. The Morgan fingerprint density at radius 1 is 1.05 bits per heavy atom. The highest BCUT2D eigenvalue weighted by Crippen LogP contribution is 2.21. The van der Waals surface area contributed by atoms with E-state index in [1.54, 1.807) is 7.11 Å². The molecule has 0 heterocycles. The Balaban J connectivity index is 2.14. The number of carbonyl (C=O) groups excluding carboxylic acids is 1. The van der Waals surface area contributed by atoms with Gasteiger partial charge in [0, 0.05) is 11.5 Å². The zero-order valence-electron chi connectivity index (χ0n) is 12.7. The van der Waals surface area contributed by atoms with Gasteiger partial charge >= 0.3 is 0 Å². The van der Waals surface area contributed by atoms with Crippen LogP contribution in [0, 0.1) is 5.92 Å². The van der Waals surface area contributed by atoms with Gasteiger partial charge in [-0.2, -0.15) is 0 Å². The molecule has 110 valence electrons. The van der Waals surface area contributed by atoms with Crippen molar-refractivity contribution in [1.29, 1.82) is 0 Å². The van der Waals surface area contributed by atoms with Crippen molar-refractivity contribution in [3.05, 3.63) is 65.7 Å². The third kappa shape index (κ3) is 4.19. The predicted molar refractivity (Wildman–Crippen MR) is 85.9 cm³/mol. The van der Waals surface area contributed by atoms with Gasteiger partial charge in [-0.3, -0.25) is 4.79 Å². The predicted octanol–water partition coefficient (Wildman–Crippen LogP) is 4.54. The minimum Gasteiger partial charge on any atom is -0.497 e. The van der Waals surface area contributed by atoms with Crippen LogP contribution in [0.4, 0.5) is 0 Å². The molecule has 0 aliphatic rings. The van der Waals surface area contributed by atoms with Gasteiger partial charge in [0.15, 0.2) is 5.78 Å². The van der Waals surface area contributed by atoms with Gasteiger partial charge in [-0.1, -0.05) is 43.7 Å². The number of ether oxygens (including phenoxy) is 1. The zero-order chi connectivity index (χ0) is 15.1. The molecular formula is C19H22O2. The van der Waals surface area contributed by atoms with Crippen LogP contribution >= 0.6 is 0 Å². The molecule has 2 aromatic rings. The number of hydrogen-bond donors (Lipinski definition) is 0. The quantitative estimate of drug-likeness (QED) is 0.697. The molecule has 1 atom stereocenters. The topological polar surface area (TPSA) is 26.3 Å². The molecule has 1 unspecified atom stereocenters. The molecule has 0 fully saturated rings. The van der Waals surface area contributed by atoms with E-state index in [-0.39, 0.29) is 11.7 Å². The van der Waals surface area contributed by atoms with Gasteiger partial charge in [-0.05, 0) is 42.7 Å². The second-order valence-electron chi connectivity index (χ2n) is 5.27. The number of Topliss-reactive ketones (excluding diaryl/α,β-unsaturated/α-hetero) is 1. The molecule has 0 aromatic heterocycles. The molecule has 2 aromatic carbocycles. The van der Waals surface area contributed by atoms with Crippen molar-refractivity contribution < 1.29 is 9.53 Å². The third-order valence-electron chi connectivity index (χ3n) is 3.71. The Bertz CT molecular complexity index is 558. The summed E-state index contributed by atoms with van der Waals surface area (Å²) in [6, 6.07) is 17.6. The van der Waals surface area contributed by atoms with Crippen LogP contribution in [0.1, 0.15) is 35.7 Å². The molecule has 2 nitrogen and oxygen atoms in total. The SMILES string of the molecule is CCCC(Cc1ccccc1)C(=O)c1ccc(OC)cc1. The summed E-state index contributed by atoms with van der Waals surface area (Å²) < 4.78 is 5.14. The first-order valence-corrected chi connectivity index (χ1v) is 7.46. The van der Waals surface area contributed by atoms with Crippen molar-refractivity contribution in [2.45, 2.75) is 26.2 Å². The van der Waals surface area contributed by atoms with Gasteiger partial charge in [0.2, 0.25) is 0 Å². The summed E-state index contributed by atoms with van der Waals surface area (Å²) in [5.74, 6) is 1.05. The number of carbonyl (C=O) groups is 1. The summed E-state index contributed by atoms with van der Waals surface area (Å²) in [6.07, 6.45) is 2.73. The summed E-state index contributed by atoms with van der Waals surface area (Å²) in [5, 5.41) is 0. The van der Waals surface area contributed by atoms with Gasteiger partial charge in [0.25, 0.3) is 0 Å². The van der Waals surface area contributed by atoms with Crippen LogP contribution in [0.2, 0.25) is 0 Å². The smallest absolute Gasteiger partial charge is 0.166 e. The van der Waals surface area contributed by atoms with E-state index in [0.29, 0.717) is 0 Å².